The van der Waals surface area contributed by atoms with Crippen molar-refractivity contribution in [3.8, 4) is 5.75 Å². The van der Waals surface area contributed by atoms with E-state index in [4.69, 9.17) is 4.74 Å². The van der Waals surface area contributed by atoms with Gasteiger partial charge < -0.3 is 4.74 Å². The first-order valence-corrected chi connectivity index (χ1v) is 10.1. The zero-order valence-electron chi connectivity index (χ0n) is 17.4. The van der Waals surface area contributed by atoms with Crippen molar-refractivity contribution in [3.05, 3.63) is 107 Å². The molecule has 3 aromatic carbocycles. The predicted octanol–water partition coefficient (Wildman–Crippen LogP) is 6.70. The lowest BCUT2D eigenvalue weighted by Gasteiger charge is -2.24. The molecule has 0 aliphatic carbocycles. The summed E-state index contributed by atoms with van der Waals surface area (Å²) < 4.78 is 5.53. The van der Waals surface area contributed by atoms with Crippen LogP contribution in [0.1, 0.15) is 54.2 Å². The maximum atomic E-state index is 12.7. The Morgan fingerprint density at radius 3 is 2.28 bits per heavy atom. The summed E-state index contributed by atoms with van der Waals surface area (Å²) in [5, 5.41) is 0. The highest BCUT2D eigenvalue weighted by molar-refractivity contribution is 6.09. The minimum absolute atomic E-state index is 0.0126. The molecule has 0 saturated heterocycles. The van der Waals surface area contributed by atoms with Crippen LogP contribution in [0.25, 0.3) is 6.08 Å². The van der Waals surface area contributed by atoms with Gasteiger partial charge in [-0.15, -0.1) is 0 Å². The molecule has 148 valence electrons. The molecule has 0 unspecified atom stereocenters. The molecular formula is C27H28O2. The second-order valence-electron chi connectivity index (χ2n) is 7.77. The molecule has 3 aromatic rings. The summed E-state index contributed by atoms with van der Waals surface area (Å²) in [6.45, 7) is 7.15. The molecule has 3 rings (SSSR count). The van der Waals surface area contributed by atoms with Crippen molar-refractivity contribution in [2.24, 2.45) is 0 Å². The first kappa shape index (κ1) is 20.6. The minimum atomic E-state index is 0.0126. The van der Waals surface area contributed by atoms with Crippen LogP contribution in [0.4, 0.5) is 0 Å². The minimum Gasteiger partial charge on any atom is -0.494 e. The van der Waals surface area contributed by atoms with E-state index in [2.05, 4.69) is 38.1 Å². The molecule has 0 aromatic heterocycles. The molecule has 0 aliphatic rings. The quantitative estimate of drug-likeness (QED) is 0.404. The van der Waals surface area contributed by atoms with Gasteiger partial charge in [0.05, 0.1) is 6.61 Å². The average Bonchev–Trinajstić information content (AvgIpc) is 2.74. The van der Waals surface area contributed by atoms with Crippen LogP contribution in [0.3, 0.4) is 0 Å². The number of carbonyl (C=O) groups excluding carboxylic acids is 1. The van der Waals surface area contributed by atoms with E-state index in [-0.39, 0.29) is 11.2 Å². The molecule has 0 spiro atoms. The maximum Gasteiger partial charge on any atom is 0.193 e. The summed E-state index contributed by atoms with van der Waals surface area (Å²) in [6, 6.07) is 25.5. The van der Waals surface area contributed by atoms with Crippen molar-refractivity contribution < 1.29 is 9.53 Å². The Morgan fingerprint density at radius 1 is 0.897 bits per heavy atom. The number of hydrogen-bond donors (Lipinski definition) is 0. The van der Waals surface area contributed by atoms with Gasteiger partial charge in [0.2, 0.25) is 0 Å². The molecular weight excluding hydrogens is 356 g/mol. The lowest BCUT2D eigenvalue weighted by atomic mass is 9.81. The van der Waals surface area contributed by atoms with Crippen LogP contribution < -0.4 is 4.74 Å². The lowest BCUT2D eigenvalue weighted by Crippen LogP contribution is -2.15. The molecule has 0 heterocycles. The second-order valence-corrected chi connectivity index (χ2v) is 7.77. The fourth-order valence-corrected chi connectivity index (χ4v) is 3.32. The fourth-order valence-electron chi connectivity index (χ4n) is 3.32. The van der Waals surface area contributed by atoms with Crippen LogP contribution in [0.15, 0.2) is 84.9 Å². The Morgan fingerprint density at radius 2 is 1.59 bits per heavy atom. The summed E-state index contributed by atoms with van der Waals surface area (Å²) >= 11 is 0. The first-order valence-electron chi connectivity index (χ1n) is 10.1. The Kier molecular flexibility index (Phi) is 6.66. The number of rotatable bonds is 8. The van der Waals surface area contributed by atoms with Gasteiger partial charge in [-0.05, 0) is 48.1 Å². The van der Waals surface area contributed by atoms with E-state index in [1.165, 1.54) is 5.56 Å². The molecule has 29 heavy (non-hydrogen) atoms. The van der Waals surface area contributed by atoms with E-state index in [1.807, 2.05) is 73.7 Å². The van der Waals surface area contributed by atoms with Crippen LogP contribution in [-0.2, 0) is 5.41 Å². The Bertz CT molecular complexity index is 967. The molecule has 0 bridgehead atoms. The van der Waals surface area contributed by atoms with Gasteiger partial charge in [0, 0.05) is 11.1 Å². The van der Waals surface area contributed by atoms with Crippen LogP contribution in [-0.4, -0.2) is 12.4 Å². The summed E-state index contributed by atoms with van der Waals surface area (Å²) in [6.07, 6.45) is 5.18. The summed E-state index contributed by atoms with van der Waals surface area (Å²) in [7, 11) is 0. The Labute approximate surface area is 173 Å². The van der Waals surface area contributed by atoms with Crippen molar-refractivity contribution in [1.29, 1.82) is 0 Å². The largest absolute Gasteiger partial charge is 0.494 e. The lowest BCUT2D eigenvalue weighted by molar-refractivity contribution is 0.103. The topological polar surface area (TPSA) is 26.3 Å². The van der Waals surface area contributed by atoms with Crippen LogP contribution in [0, 0.1) is 0 Å². The predicted molar refractivity (Wildman–Crippen MR) is 121 cm³/mol. The van der Waals surface area contributed by atoms with Crippen molar-refractivity contribution in [3.63, 3.8) is 0 Å². The molecule has 0 amide bonds. The molecule has 0 N–H and O–H groups in total. The number of benzene rings is 3. The first-order chi connectivity index (χ1) is 14.0. The van der Waals surface area contributed by atoms with Gasteiger partial charge in [0.25, 0.3) is 0 Å². The number of ketones is 1. The summed E-state index contributed by atoms with van der Waals surface area (Å²) in [5.74, 6) is 0.957. The normalized spacial score (nSPS) is 11.6. The van der Waals surface area contributed by atoms with Gasteiger partial charge >= 0.3 is 0 Å². The number of carbonyl (C=O) groups is 1. The summed E-state index contributed by atoms with van der Waals surface area (Å²) in [4.78, 5) is 12.7. The van der Waals surface area contributed by atoms with Crippen LogP contribution in [0.5, 0.6) is 5.75 Å². The maximum absolute atomic E-state index is 12.7. The van der Waals surface area contributed by atoms with Crippen LogP contribution >= 0.6 is 0 Å². The molecule has 0 radical (unpaired) electrons. The van der Waals surface area contributed by atoms with Gasteiger partial charge in [0.1, 0.15) is 5.75 Å². The van der Waals surface area contributed by atoms with E-state index in [0.717, 1.165) is 17.7 Å². The van der Waals surface area contributed by atoms with Crippen molar-refractivity contribution in [2.45, 2.75) is 32.6 Å². The second kappa shape index (κ2) is 9.38. The number of hydrogen-bond acceptors (Lipinski definition) is 2. The van der Waals surface area contributed by atoms with Crippen LogP contribution in [0.2, 0.25) is 0 Å². The molecule has 0 fully saturated rings. The fraction of sp³-hybridized carbons (Fsp3) is 0.222. The van der Waals surface area contributed by atoms with E-state index >= 15 is 0 Å². The zero-order chi connectivity index (χ0) is 20.7. The van der Waals surface area contributed by atoms with E-state index < -0.39 is 0 Å². The highest BCUT2D eigenvalue weighted by Gasteiger charge is 2.18. The average molecular weight is 385 g/mol. The standard InChI is InChI=1S/C27H28O2/c1-4-29-25-17-15-24(16-18-25)27(2,3)19-9-11-21-10-8-14-23(20-21)26(28)22-12-6-5-7-13-22/h5-18,20H,4,19H2,1-3H3. The van der Waals surface area contributed by atoms with Gasteiger partial charge in [-0.25, -0.2) is 0 Å². The Balaban J connectivity index is 1.69. The van der Waals surface area contributed by atoms with Crippen molar-refractivity contribution >= 4 is 11.9 Å². The molecule has 0 saturated carbocycles. The van der Waals surface area contributed by atoms with E-state index in [1.54, 1.807) is 0 Å². The smallest absolute Gasteiger partial charge is 0.193 e. The molecule has 0 atom stereocenters. The number of allylic oxidation sites excluding steroid dienone is 1. The van der Waals surface area contributed by atoms with Gasteiger partial charge in [-0.1, -0.05) is 86.7 Å². The highest BCUT2D eigenvalue weighted by Crippen LogP contribution is 2.29. The Hall–Kier alpha value is -3.13. The van der Waals surface area contributed by atoms with Gasteiger partial charge in [-0.2, -0.15) is 0 Å². The van der Waals surface area contributed by atoms with Gasteiger partial charge in [-0.3, -0.25) is 4.79 Å². The third kappa shape index (κ3) is 5.45. The SMILES string of the molecule is CCOc1ccc(C(C)(C)CC=Cc2cccc(C(=O)c3ccccc3)c2)cc1. The summed E-state index contributed by atoms with van der Waals surface area (Å²) in [5.41, 5.74) is 3.75. The number of ether oxygens (including phenoxy) is 1. The van der Waals surface area contributed by atoms with E-state index in [9.17, 15) is 4.79 Å². The monoisotopic (exact) mass is 384 g/mol. The molecule has 2 nitrogen and oxygen atoms in total. The zero-order valence-corrected chi connectivity index (χ0v) is 17.4. The molecule has 0 aliphatic heterocycles. The van der Waals surface area contributed by atoms with E-state index in [0.29, 0.717) is 17.7 Å². The molecule has 2 heteroatoms. The van der Waals surface area contributed by atoms with Gasteiger partial charge in [0.15, 0.2) is 5.78 Å². The third-order valence-electron chi connectivity index (χ3n) is 5.07. The van der Waals surface area contributed by atoms with Crippen molar-refractivity contribution in [1.82, 2.24) is 0 Å². The van der Waals surface area contributed by atoms with Crippen molar-refractivity contribution in [2.75, 3.05) is 6.61 Å². The third-order valence-corrected chi connectivity index (χ3v) is 5.07. The highest BCUT2D eigenvalue weighted by atomic mass is 16.5.